The van der Waals surface area contributed by atoms with E-state index in [1.807, 2.05) is 25.1 Å². The molecule has 0 radical (unpaired) electrons. The van der Waals surface area contributed by atoms with Crippen LogP contribution in [0.2, 0.25) is 0 Å². The van der Waals surface area contributed by atoms with Gasteiger partial charge >= 0.3 is 0 Å². The standard InChI is InChI=1S/C14H15N3O2S/c1-7-3-4-9(5-11(7)15)12-6-10(13(16)19)14(20-12)17-8(2)18/h3-6H,15H2,1-2H3,(H2,16,19)(H,17,18). The van der Waals surface area contributed by atoms with E-state index in [-0.39, 0.29) is 5.91 Å². The van der Waals surface area contributed by atoms with Gasteiger partial charge < -0.3 is 16.8 Å². The molecule has 0 saturated heterocycles. The van der Waals surface area contributed by atoms with Crippen LogP contribution >= 0.6 is 11.3 Å². The van der Waals surface area contributed by atoms with Crippen LogP contribution in [0.3, 0.4) is 0 Å². The van der Waals surface area contributed by atoms with Crippen LogP contribution < -0.4 is 16.8 Å². The molecular weight excluding hydrogens is 274 g/mol. The predicted molar refractivity (Wildman–Crippen MR) is 81.7 cm³/mol. The smallest absolute Gasteiger partial charge is 0.251 e. The third-order valence-corrected chi connectivity index (χ3v) is 3.95. The van der Waals surface area contributed by atoms with Crippen molar-refractivity contribution in [3.63, 3.8) is 0 Å². The highest BCUT2D eigenvalue weighted by Gasteiger charge is 2.16. The Kier molecular flexibility index (Phi) is 3.76. The van der Waals surface area contributed by atoms with Crippen molar-refractivity contribution in [1.29, 1.82) is 0 Å². The molecule has 0 fully saturated rings. The third-order valence-electron chi connectivity index (χ3n) is 2.85. The monoisotopic (exact) mass is 289 g/mol. The number of rotatable bonds is 3. The van der Waals surface area contributed by atoms with Gasteiger partial charge in [-0.1, -0.05) is 12.1 Å². The summed E-state index contributed by atoms with van der Waals surface area (Å²) in [4.78, 5) is 23.4. The van der Waals surface area contributed by atoms with Crippen LogP contribution in [-0.2, 0) is 4.79 Å². The molecule has 5 N–H and O–H groups in total. The van der Waals surface area contributed by atoms with Crippen LogP contribution in [0, 0.1) is 6.92 Å². The van der Waals surface area contributed by atoms with E-state index in [0.29, 0.717) is 16.3 Å². The van der Waals surface area contributed by atoms with Crippen molar-refractivity contribution in [1.82, 2.24) is 0 Å². The van der Waals surface area contributed by atoms with Gasteiger partial charge in [0, 0.05) is 17.5 Å². The van der Waals surface area contributed by atoms with E-state index in [2.05, 4.69) is 5.32 Å². The number of carbonyl (C=O) groups excluding carboxylic acids is 2. The van der Waals surface area contributed by atoms with Crippen LogP contribution in [0.25, 0.3) is 10.4 Å². The summed E-state index contributed by atoms with van der Waals surface area (Å²) in [6.07, 6.45) is 0. The second-order valence-corrected chi connectivity index (χ2v) is 5.52. The van der Waals surface area contributed by atoms with Crippen LogP contribution in [0.5, 0.6) is 0 Å². The lowest BCUT2D eigenvalue weighted by Crippen LogP contribution is -2.14. The molecule has 0 aliphatic carbocycles. The molecule has 0 bridgehead atoms. The summed E-state index contributed by atoms with van der Waals surface area (Å²) in [6, 6.07) is 7.33. The maximum Gasteiger partial charge on any atom is 0.251 e. The molecule has 0 spiro atoms. The number of anilines is 2. The molecule has 5 nitrogen and oxygen atoms in total. The van der Waals surface area contributed by atoms with E-state index in [1.165, 1.54) is 18.3 Å². The first-order valence-electron chi connectivity index (χ1n) is 5.96. The first kappa shape index (κ1) is 14.1. The average Bonchev–Trinajstić information content (AvgIpc) is 2.76. The highest BCUT2D eigenvalue weighted by molar-refractivity contribution is 7.20. The van der Waals surface area contributed by atoms with Crippen molar-refractivity contribution in [3.8, 4) is 10.4 Å². The summed E-state index contributed by atoms with van der Waals surface area (Å²) >= 11 is 1.30. The van der Waals surface area contributed by atoms with E-state index in [1.54, 1.807) is 6.07 Å². The van der Waals surface area contributed by atoms with Gasteiger partial charge in [-0.2, -0.15) is 0 Å². The molecule has 0 unspecified atom stereocenters. The second-order valence-electron chi connectivity index (χ2n) is 4.47. The van der Waals surface area contributed by atoms with E-state index >= 15 is 0 Å². The topological polar surface area (TPSA) is 98.2 Å². The van der Waals surface area contributed by atoms with Gasteiger partial charge in [0.15, 0.2) is 0 Å². The van der Waals surface area contributed by atoms with Gasteiger partial charge in [0.05, 0.1) is 5.56 Å². The summed E-state index contributed by atoms with van der Waals surface area (Å²) in [5, 5.41) is 3.08. The van der Waals surface area contributed by atoms with Crippen LogP contribution in [0.1, 0.15) is 22.8 Å². The zero-order valence-corrected chi connectivity index (χ0v) is 12.0. The highest BCUT2D eigenvalue weighted by Crippen LogP contribution is 2.36. The Bertz CT molecular complexity index is 692. The molecule has 0 atom stereocenters. The van der Waals surface area contributed by atoms with Gasteiger partial charge in [0.1, 0.15) is 5.00 Å². The van der Waals surface area contributed by atoms with Crippen LogP contribution in [0.4, 0.5) is 10.7 Å². The number of thiophene rings is 1. The minimum atomic E-state index is -0.573. The second kappa shape index (κ2) is 5.34. The number of hydrogen-bond acceptors (Lipinski definition) is 4. The van der Waals surface area contributed by atoms with Crippen molar-refractivity contribution in [2.75, 3.05) is 11.1 Å². The lowest BCUT2D eigenvalue weighted by molar-refractivity contribution is -0.114. The minimum absolute atomic E-state index is 0.246. The fraction of sp³-hybridized carbons (Fsp3) is 0.143. The van der Waals surface area contributed by atoms with Crippen LogP contribution in [0.15, 0.2) is 24.3 Å². The Labute approximate surface area is 120 Å². The molecule has 0 saturated carbocycles. The molecule has 6 heteroatoms. The number of nitrogens with one attached hydrogen (secondary N) is 1. The fourth-order valence-electron chi connectivity index (χ4n) is 1.76. The maximum absolute atomic E-state index is 11.4. The molecule has 1 heterocycles. The molecule has 2 aromatic rings. The lowest BCUT2D eigenvalue weighted by atomic mass is 10.1. The Morgan fingerprint density at radius 1 is 1.25 bits per heavy atom. The van der Waals surface area contributed by atoms with Crippen molar-refractivity contribution >= 4 is 33.8 Å². The summed E-state index contributed by atoms with van der Waals surface area (Å²) in [5.74, 6) is -0.819. The third kappa shape index (κ3) is 2.80. The van der Waals surface area contributed by atoms with E-state index in [9.17, 15) is 9.59 Å². The number of nitrogen functional groups attached to an aromatic ring is 1. The summed E-state index contributed by atoms with van der Waals surface area (Å²) in [5.41, 5.74) is 14.1. The summed E-state index contributed by atoms with van der Waals surface area (Å²) in [7, 11) is 0. The number of carbonyl (C=O) groups is 2. The van der Waals surface area contributed by atoms with Crippen molar-refractivity contribution in [2.24, 2.45) is 5.73 Å². The Morgan fingerprint density at radius 3 is 2.50 bits per heavy atom. The Balaban J connectivity index is 2.49. The summed E-state index contributed by atoms with van der Waals surface area (Å²) < 4.78 is 0. The van der Waals surface area contributed by atoms with E-state index in [0.717, 1.165) is 16.0 Å². The zero-order chi connectivity index (χ0) is 14.9. The van der Waals surface area contributed by atoms with Gasteiger partial charge in [0.2, 0.25) is 5.91 Å². The molecule has 104 valence electrons. The van der Waals surface area contributed by atoms with Crippen molar-refractivity contribution < 1.29 is 9.59 Å². The van der Waals surface area contributed by atoms with E-state index < -0.39 is 5.91 Å². The van der Waals surface area contributed by atoms with E-state index in [4.69, 9.17) is 11.5 Å². The van der Waals surface area contributed by atoms with Gasteiger partial charge in [-0.3, -0.25) is 9.59 Å². The minimum Gasteiger partial charge on any atom is -0.398 e. The lowest BCUT2D eigenvalue weighted by Gasteiger charge is -2.02. The first-order valence-corrected chi connectivity index (χ1v) is 6.78. The molecule has 2 amide bonds. The quantitative estimate of drug-likeness (QED) is 0.756. The Hall–Kier alpha value is -2.34. The number of benzene rings is 1. The number of nitrogens with two attached hydrogens (primary N) is 2. The number of primary amides is 1. The fourth-order valence-corrected chi connectivity index (χ4v) is 2.87. The Morgan fingerprint density at radius 2 is 1.95 bits per heavy atom. The SMILES string of the molecule is CC(=O)Nc1sc(-c2ccc(C)c(N)c2)cc1C(N)=O. The predicted octanol–water partition coefficient (Wildman–Crippen LogP) is 2.36. The highest BCUT2D eigenvalue weighted by atomic mass is 32.1. The number of hydrogen-bond donors (Lipinski definition) is 3. The largest absolute Gasteiger partial charge is 0.398 e. The first-order chi connectivity index (χ1) is 9.38. The number of amides is 2. The van der Waals surface area contributed by atoms with Crippen molar-refractivity contribution in [2.45, 2.75) is 13.8 Å². The summed E-state index contributed by atoms with van der Waals surface area (Å²) in [6.45, 7) is 3.30. The van der Waals surface area contributed by atoms with Crippen LogP contribution in [-0.4, -0.2) is 11.8 Å². The molecule has 1 aromatic heterocycles. The molecule has 2 rings (SSSR count). The van der Waals surface area contributed by atoms with Gasteiger partial charge in [-0.25, -0.2) is 0 Å². The molecule has 0 aliphatic heterocycles. The van der Waals surface area contributed by atoms with Gasteiger partial charge in [-0.15, -0.1) is 11.3 Å². The molecular formula is C14H15N3O2S. The molecule has 0 aliphatic rings. The van der Waals surface area contributed by atoms with Crippen molar-refractivity contribution in [3.05, 3.63) is 35.4 Å². The normalized spacial score (nSPS) is 10.3. The molecule has 20 heavy (non-hydrogen) atoms. The maximum atomic E-state index is 11.4. The zero-order valence-electron chi connectivity index (χ0n) is 11.2. The van der Waals surface area contributed by atoms with Gasteiger partial charge in [-0.05, 0) is 30.2 Å². The average molecular weight is 289 g/mol. The van der Waals surface area contributed by atoms with Gasteiger partial charge in [0.25, 0.3) is 5.91 Å². The molecule has 1 aromatic carbocycles. The number of aryl methyl sites for hydroxylation is 1.